The summed E-state index contributed by atoms with van der Waals surface area (Å²) in [5.74, 6) is 0. The minimum atomic E-state index is 0.377. The van der Waals surface area contributed by atoms with Crippen molar-refractivity contribution in [3.05, 3.63) is 0 Å². The summed E-state index contributed by atoms with van der Waals surface area (Å²) in [6.45, 7) is 2.02. The second-order valence-electron chi connectivity index (χ2n) is 1.55. The Bertz CT molecular complexity index is 28.7. The maximum absolute atomic E-state index is 5.39. The lowest BCUT2D eigenvalue weighted by Crippen LogP contribution is -2.14. The molecule has 38 valence electrons. The molecule has 0 radical (unpaired) electrons. The van der Waals surface area contributed by atoms with Crippen LogP contribution in [0.3, 0.4) is 0 Å². The van der Waals surface area contributed by atoms with Crippen LogP contribution in [0.25, 0.3) is 0 Å². The van der Waals surface area contributed by atoms with Crippen LogP contribution in [0.2, 0.25) is 0 Å². The predicted octanol–water partition coefficient (Wildman–Crippen LogP) is 0.599. The number of nitrogens with two attached hydrogens (primary N) is 1. The lowest BCUT2D eigenvalue weighted by atomic mass is 10.3. The Morgan fingerprint density at radius 2 is 2.33 bits per heavy atom. The fraction of sp³-hybridized carbons (Fsp3) is 1.00. The highest BCUT2D eigenvalue weighted by molar-refractivity contribution is 7.16. The highest BCUT2D eigenvalue weighted by Gasteiger charge is 1.85. The van der Waals surface area contributed by atoms with Gasteiger partial charge in [0, 0.05) is 6.04 Å². The predicted molar refractivity (Wildman–Crippen MR) is 32.8 cm³/mol. The van der Waals surface area contributed by atoms with Crippen LogP contribution in [0.1, 0.15) is 13.3 Å². The van der Waals surface area contributed by atoms with E-state index in [0.29, 0.717) is 6.04 Å². The molecule has 2 atom stereocenters. The van der Waals surface area contributed by atoms with Crippen molar-refractivity contribution in [1.29, 1.82) is 0 Å². The molecule has 0 saturated heterocycles. The Morgan fingerprint density at radius 3 is 2.33 bits per heavy atom. The molecule has 0 aliphatic carbocycles. The summed E-state index contributed by atoms with van der Waals surface area (Å²) in [6, 6.07) is 0.377. The molecule has 0 spiro atoms. The standard InChI is InChI=1S/C4H12NP/c1-4(5)2-3-6/h4H,2-3,5-6H2,1H3/t4-/m1/s1. The van der Waals surface area contributed by atoms with Gasteiger partial charge in [0.2, 0.25) is 0 Å². The van der Waals surface area contributed by atoms with Crippen LogP contribution in [0.4, 0.5) is 0 Å². The maximum atomic E-state index is 5.39. The summed E-state index contributed by atoms with van der Waals surface area (Å²) >= 11 is 0. The highest BCUT2D eigenvalue weighted by atomic mass is 31.0. The van der Waals surface area contributed by atoms with Crippen LogP contribution in [0, 0.1) is 0 Å². The molecule has 6 heavy (non-hydrogen) atoms. The molecular weight excluding hydrogens is 93.0 g/mol. The molecule has 0 heterocycles. The van der Waals surface area contributed by atoms with Crippen LogP contribution in [-0.4, -0.2) is 12.2 Å². The van der Waals surface area contributed by atoms with E-state index in [0.717, 1.165) is 12.6 Å². The molecule has 0 aliphatic heterocycles. The molecule has 0 amide bonds. The van der Waals surface area contributed by atoms with Gasteiger partial charge in [-0.2, -0.15) is 0 Å². The van der Waals surface area contributed by atoms with E-state index in [2.05, 4.69) is 9.24 Å². The van der Waals surface area contributed by atoms with Crippen molar-refractivity contribution in [1.82, 2.24) is 0 Å². The van der Waals surface area contributed by atoms with Gasteiger partial charge in [-0.1, -0.05) is 0 Å². The van der Waals surface area contributed by atoms with Crippen LogP contribution >= 0.6 is 9.24 Å². The Hall–Kier alpha value is 0.390. The molecule has 0 aliphatic rings. The largest absolute Gasteiger partial charge is 0.328 e. The third kappa shape index (κ3) is 4.39. The minimum Gasteiger partial charge on any atom is -0.328 e. The third-order valence-corrected chi connectivity index (χ3v) is 0.955. The van der Waals surface area contributed by atoms with E-state index in [9.17, 15) is 0 Å². The van der Waals surface area contributed by atoms with Gasteiger partial charge in [-0.15, -0.1) is 9.24 Å². The van der Waals surface area contributed by atoms with E-state index in [1.807, 2.05) is 6.92 Å². The molecule has 0 rings (SSSR count). The second kappa shape index (κ2) is 3.58. The van der Waals surface area contributed by atoms with Crippen molar-refractivity contribution in [2.45, 2.75) is 19.4 Å². The first kappa shape index (κ1) is 6.39. The fourth-order valence-corrected chi connectivity index (χ4v) is 0.789. The summed E-state index contributed by atoms with van der Waals surface area (Å²) in [6.07, 6.45) is 2.24. The summed E-state index contributed by atoms with van der Waals surface area (Å²) in [5, 5.41) is 0. The van der Waals surface area contributed by atoms with Crippen LogP contribution in [0.5, 0.6) is 0 Å². The number of hydrogen-bond acceptors (Lipinski definition) is 1. The Kier molecular flexibility index (Phi) is 3.81. The van der Waals surface area contributed by atoms with E-state index < -0.39 is 0 Å². The number of hydrogen-bond donors (Lipinski definition) is 1. The van der Waals surface area contributed by atoms with E-state index >= 15 is 0 Å². The van der Waals surface area contributed by atoms with E-state index in [-0.39, 0.29) is 0 Å². The van der Waals surface area contributed by atoms with Gasteiger partial charge < -0.3 is 5.73 Å². The van der Waals surface area contributed by atoms with Crippen molar-refractivity contribution >= 4 is 9.24 Å². The molecule has 0 bridgehead atoms. The highest BCUT2D eigenvalue weighted by Crippen LogP contribution is 1.89. The second-order valence-corrected chi connectivity index (χ2v) is 2.13. The van der Waals surface area contributed by atoms with Gasteiger partial charge in [-0.3, -0.25) is 0 Å². The minimum absolute atomic E-state index is 0.377. The first-order chi connectivity index (χ1) is 2.77. The number of rotatable bonds is 2. The molecule has 0 fully saturated rings. The zero-order valence-electron chi connectivity index (χ0n) is 4.15. The summed E-state index contributed by atoms with van der Waals surface area (Å²) in [7, 11) is 2.64. The first-order valence-corrected chi connectivity index (χ1v) is 3.04. The molecule has 1 unspecified atom stereocenters. The molecule has 0 aromatic rings. The van der Waals surface area contributed by atoms with Gasteiger partial charge in [0.05, 0.1) is 0 Å². The molecule has 2 N–H and O–H groups in total. The maximum Gasteiger partial charge on any atom is 0.00136 e. The summed E-state index contributed by atoms with van der Waals surface area (Å²) in [5.41, 5.74) is 5.39. The van der Waals surface area contributed by atoms with E-state index in [1.54, 1.807) is 0 Å². The molecule has 0 aromatic heterocycles. The average molecular weight is 105 g/mol. The normalized spacial score (nSPS) is 14.5. The van der Waals surface area contributed by atoms with Crippen molar-refractivity contribution < 1.29 is 0 Å². The topological polar surface area (TPSA) is 26.0 Å². The van der Waals surface area contributed by atoms with Gasteiger partial charge in [-0.25, -0.2) is 0 Å². The Morgan fingerprint density at radius 1 is 1.83 bits per heavy atom. The molecule has 2 heteroatoms. The van der Waals surface area contributed by atoms with Gasteiger partial charge in [0.25, 0.3) is 0 Å². The lowest BCUT2D eigenvalue weighted by molar-refractivity contribution is 0.721. The summed E-state index contributed by atoms with van der Waals surface area (Å²) < 4.78 is 0. The Balaban J connectivity index is 2.63. The average Bonchev–Trinajstić information content (AvgIpc) is 1.35. The Labute approximate surface area is 41.5 Å². The van der Waals surface area contributed by atoms with E-state index in [1.165, 1.54) is 0 Å². The van der Waals surface area contributed by atoms with Gasteiger partial charge in [0.15, 0.2) is 0 Å². The third-order valence-electron chi connectivity index (χ3n) is 0.622. The van der Waals surface area contributed by atoms with Crippen molar-refractivity contribution in [3.63, 3.8) is 0 Å². The first-order valence-electron chi connectivity index (χ1n) is 2.23. The van der Waals surface area contributed by atoms with Crippen LogP contribution in [0.15, 0.2) is 0 Å². The van der Waals surface area contributed by atoms with Gasteiger partial charge >= 0.3 is 0 Å². The quantitative estimate of drug-likeness (QED) is 0.511. The lowest BCUT2D eigenvalue weighted by Gasteiger charge is -1.96. The van der Waals surface area contributed by atoms with Crippen molar-refractivity contribution in [3.8, 4) is 0 Å². The van der Waals surface area contributed by atoms with Crippen LogP contribution in [-0.2, 0) is 0 Å². The van der Waals surface area contributed by atoms with Crippen LogP contribution < -0.4 is 5.73 Å². The zero-order valence-corrected chi connectivity index (χ0v) is 5.30. The molecule has 0 aromatic carbocycles. The smallest absolute Gasteiger partial charge is 0.00136 e. The fourth-order valence-electron chi connectivity index (χ4n) is 0.263. The summed E-state index contributed by atoms with van der Waals surface area (Å²) in [4.78, 5) is 0. The van der Waals surface area contributed by atoms with Crippen molar-refractivity contribution in [2.24, 2.45) is 5.73 Å². The molecule has 1 nitrogen and oxygen atoms in total. The van der Waals surface area contributed by atoms with Crippen molar-refractivity contribution in [2.75, 3.05) is 6.16 Å². The zero-order chi connectivity index (χ0) is 4.99. The van der Waals surface area contributed by atoms with E-state index in [4.69, 9.17) is 5.73 Å². The van der Waals surface area contributed by atoms with Gasteiger partial charge in [-0.05, 0) is 19.5 Å². The van der Waals surface area contributed by atoms with Gasteiger partial charge in [0.1, 0.15) is 0 Å². The molecule has 0 saturated carbocycles. The molecular formula is C4H12NP. The monoisotopic (exact) mass is 105 g/mol. The SMILES string of the molecule is C[C@@H](N)CCP.